The smallest absolute Gasteiger partial charge is 0.260 e. The summed E-state index contributed by atoms with van der Waals surface area (Å²) in [5.74, 6) is 0.805. The van der Waals surface area contributed by atoms with Crippen molar-refractivity contribution in [3.05, 3.63) is 29.3 Å². The Morgan fingerprint density at radius 3 is 2.71 bits per heavy atom. The van der Waals surface area contributed by atoms with E-state index in [1.807, 2.05) is 0 Å². The van der Waals surface area contributed by atoms with Crippen LogP contribution in [0.15, 0.2) is 16.7 Å². The zero-order chi connectivity index (χ0) is 12.6. The van der Waals surface area contributed by atoms with Gasteiger partial charge in [0.2, 0.25) is 0 Å². The molecule has 0 aliphatic heterocycles. The van der Waals surface area contributed by atoms with Crippen molar-refractivity contribution in [2.24, 2.45) is 7.05 Å². The second-order valence-electron chi connectivity index (χ2n) is 3.82. The highest BCUT2D eigenvalue weighted by molar-refractivity contribution is 6.05. The molecule has 0 atom stereocenters. The van der Waals surface area contributed by atoms with Crippen molar-refractivity contribution >= 4 is 17.4 Å². The van der Waals surface area contributed by atoms with E-state index in [1.165, 1.54) is 10.9 Å². The van der Waals surface area contributed by atoms with Gasteiger partial charge in [0.25, 0.3) is 5.91 Å². The van der Waals surface area contributed by atoms with Crippen LogP contribution in [0, 0.1) is 13.8 Å². The molecule has 6 heteroatoms. The zero-order valence-corrected chi connectivity index (χ0v) is 9.94. The predicted molar refractivity (Wildman–Crippen MR) is 63.8 cm³/mol. The maximum Gasteiger partial charge on any atom is 0.260 e. The molecule has 0 saturated carbocycles. The summed E-state index contributed by atoms with van der Waals surface area (Å²) in [5.41, 5.74) is 7.47. The predicted octanol–water partition coefficient (Wildman–Crippen LogP) is 1.46. The van der Waals surface area contributed by atoms with Gasteiger partial charge in [-0.3, -0.25) is 9.48 Å². The van der Waals surface area contributed by atoms with Gasteiger partial charge in [-0.25, -0.2) is 0 Å². The number of hydrogen-bond donors (Lipinski definition) is 2. The van der Waals surface area contributed by atoms with Gasteiger partial charge in [-0.05, 0) is 19.9 Å². The third kappa shape index (κ3) is 1.89. The molecule has 0 bridgehead atoms. The van der Waals surface area contributed by atoms with E-state index in [4.69, 9.17) is 10.2 Å². The number of hydrogen-bond acceptors (Lipinski definition) is 4. The summed E-state index contributed by atoms with van der Waals surface area (Å²) >= 11 is 0. The van der Waals surface area contributed by atoms with Gasteiger partial charge in [-0.1, -0.05) is 0 Å². The highest BCUT2D eigenvalue weighted by Crippen LogP contribution is 2.22. The van der Waals surface area contributed by atoms with Crippen molar-refractivity contribution in [3.8, 4) is 0 Å². The van der Waals surface area contributed by atoms with Gasteiger partial charge in [-0.15, -0.1) is 0 Å². The van der Waals surface area contributed by atoms with E-state index in [0.29, 0.717) is 28.5 Å². The van der Waals surface area contributed by atoms with Crippen molar-refractivity contribution in [2.45, 2.75) is 13.8 Å². The quantitative estimate of drug-likeness (QED) is 0.823. The Morgan fingerprint density at radius 2 is 2.24 bits per heavy atom. The van der Waals surface area contributed by atoms with Crippen LogP contribution in [0.5, 0.6) is 0 Å². The number of carbonyl (C=O) groups is 1. The Kier molecular flexibility index (Phi) is 2.63. The number of aromatic nitrogens is 2. The highest BCUT2D eigenvalue weighted by atomic mass is 16.3. The van der Waals surface area contributed by atoms with Crippen LogP contribution in [-0.4, -0.2) is 15.7 Å². The monoisotopic (exact) mass is 234 g/mol. The van der Waals surface area contributed by atoms with E-state index in [-0.39, 0.29) is 5.91 Å². The first kappa shape index (κ1) is 11.3. The van der Waals surface area contributed by atoms with Crippen molar-refractivity contribution < 1.29 is 9.21 Å². The lowest BCUT2D eigenvalue weighted by atomic mass is 10.2. The minimum absolute atomic E-state index is 0.258. The molecule has 0 radical (unpaired) electrons. The average Bonchev–Trinajstić information content (AvgIpc) is 2.78. The number of nitrogen functional groups attached to an aromatic ring is 1. The number of nitrogens with zero attached hydrogens (tertiary/aromatic N) is 2. The molecule has 0 unspecified atom stereocenters. The Bertz CT molecular complexity index is 568. The summed E-state index contributed by atoms with van der Waals surface area (Å²) in [5, 5.41) is 6.84. The van der Waals surface area contributed by atoms with Gasteiger partial charge in [0.15, 0.2) is 5.82 Å². The fraction of sp³-hybridized carbons (Fsp3) is 0.273. The number of furan rings is 1. The number of nitrogens with one attached hydrogen (secondary N) is 1. The molecule has 6 nitrogen and oxygen atoms in total. The van der Waals surface area contributed by atoms with Crippen molar-refractivity contribution in [3.63, 3.8) is 0 Å². The molecule has 2 heterocycles. The third-order valence-corrected chi connectivity index (χ3v) is 2.60. The van der Waals surface area contributed by atoms with E-state index in [2.05, 4.69) is 10.4 Å². The van der Waals surface area contributed by atoms with Crippen molar-refractivity contribution in [1.82, 2.24) is 9.78 Å². The topological polar surface area (TPSA) is 86.1 Å². The number of amides is 1. The van der Waals surface area contributed by atoms with Crippen LogP contribution in [0.2, 0.25) is 0 Å². The van der Waals surface area contributed by atoms with Crippen LogP contribution < -0.4 is 11.1 Å². The standard InChI is InChI=1S/C11H14N4O2/c1-6-9(12)10(15(3)14-6)13-11(16)8-4-5-17-7(8)2/h4-5H,12H2,1-3H3,(H,13,16). The SMILES string of the molecule is Cc1nn(C)c(NC(=O)c2ccoc2C)c1N. The van der Waals surface area contributed by atoms with E-state index in [0.717, 1.165) is 0 Å². The van der Waals surface area contributed by atoms with Crippen LogP contribution in [0.1, 0.15) is 21.8 Å². The van der Waals surface area contributed by atoms with Gasteiger partial charge in [0.05, 0.1) is 23.2 Å². The first-order valence-electron chi connectivity index (χ1n) is 5.15. The van der Waals surface area contributed by atoms with E-state index < -0.39 is 0 Å². The first-order chi connectivity index (χ1) is 8.00. The third-order valence-electron chi connectivity index (χ3n) is 2.60. The molecule has 0 spiro atoms. The molecule has 2 aromatic rings. The van der Waals surface area contributed by atoms with Crippen LogP contribution in [-0.2, 0) is 7.05 Å². The van der Waals surface area contributed by atoms with Gasteiger partial charge >= 0.3 is 0 Å². The van der Waals surface area contributed by atoms with E-state index >= 15 is 0 Å². The van der Waals surface area contributed by atoms with Crippen LogP contribution in [0.4, 0.5) is 11.5 Å². The molecule has 0 aliphatic carbocycles. The molecule has 90 valence electrons. The fourth-order valence-corrected chi connectivity index (χ4v) is 1.62. The summed E-state index contributed by atoms with van der Waals surface area (Å²) in [4.78, 5) is 11.9. The zero-order valence-electron chi connectivity index (χ0n) is 9.94. The van der Waals surface area contributed by atoms with Gasteiger partial charge in [0, 0.05) is 7.05 Å². The normalized spacial score (nSPS) is 10.5. The first-order valence-corrected chi connectivity index (χ1v) is 5.15. The molecule has 17 heavy (non-hydrogen) atoms. The molecule has 0 saturated heterocycles. The van der Waals surface area contributed by atoms with Crippen LogP contribution >= 0.6 is 0 Å². The van der Waals surface area contributed by atoms with Crippen molar-refractivity contribution in [1.29, 1.82) is 0 Å². The van der Waals surface area contributed by atoms with Crippen LogP contribution in [0.3, 0.4) is 0 Å². The number of carbonyl (C=O) groups excluding carboxylic acids is 1. The van der Waals surface area contributed by atoms with E-state index in [1.54, 1.807) is 27.0 Å². The van der Waals surface area contributed by atoms with Gasteiger partial charge in [-0.2, -0.15) is 5.10 Å². The molecule has 2 rings (SSSR count). The van der Waals surface area contributed by atoms with Crippen LogP contribution in [0.25, 0.3) is 0 Å². The minimum atomic E-state index is -0.258. The maximum absolute atomic E-state index is 11.9. The average molecular weight is 234 g/mol. The Hall–Kier alpha value is -2.24. The van der Waals surface area contributed by atoms with E-state index in [9.17, 15) is 4.79 Å². The number of aryl methyl sites for hydroxylation is 3. The largest absolute Gasteiger partial charge is 0.469 e. The summed E-state index contributed by atoms with van der Waals surface area (Å²) in [7, 11) is 1.72. The highest BCUT2D eigenvalue weighted by Gasteiger charge is 2.16. The summed E-state index contributed by atoms with van der Waals surface area (Å²) in [6.07, 6.45) is 1.47. The second kappa shape index (κ2) is 3.97. The molecule has 0 aliphatic rings. The summed E-state index contributed by atoms with van der Waals surface area (Å²) < 4.78 is 6.61. The minimum Gasteiger partial charge on any atom is -0.469 e. The molecule has 3 N–H and O–H groups in total. The number of nitrogens with two attached hydrogens (primary N) is 1. The molecule has 0 fully saturated rings. The molecular formula is C11H14N4O2. The number of anilines is 2. The lowest BCUT2D eigenvalue weighted by molar-refractivity contribution is 0.102. The molecule has 0 aromatic carbocycles. The molecule has 2 aromatic heterocycles. The fourth-order valence-electron chi connectivity index (χ4n) is 1.62. The Labute approximate surface area is 98.4 Å². The lowest BCUT2D eigenvalue weighted by Crippen LogP contribution is -2.15. The Morgan fingerprint density at radius 1 is 1.53 bits per heavy atom. The maximum atomic E-state index is 11.9. The van der Waals surface area contributed by atoms with Gasteiger partial charge in [0.1, 0.15) is 5.76 Å². The summed E-state index contributed by atoms with van der Waals surface area (Å²) in [6, 6.07) is 1.62. The molecule has 1 amide bonds. The summed E-state index contributed by atoms with van der Waals surface area (Å²) in [6.45, 7) is 3.51. The lowest BCUT2D eigenvalue weighted by Gasteiger charge is -2.05. The van der Waals surface area contributed by atoms with Crippen molar-refractivity contribution in [2.75, 3.05) is 11.1 Å². The Balaban J connectivity index is 2.28. The molecular weight excluding hydrogens is 220 g/mol. The van der Waals surface area contributed by atoms with Gasteiger partial charge < -0.3 is 15.5 Å². The number of rotatable bonds is 2. The second-order valence-corrected chi connectivity index (χ2v) is 3.82.